The van der Waals surface area contributed by atoms with Gasteiger partial charge in [0.05, 0.1) is 5.69 Å². The van der Waals surface area contributed by atoms with Crippen LogP contribution in [0.3, 0.4) is 0 Å². The molecule has 0 aliphatic rings. The molecule has 102 valence electrons. The van der Waals surface area contributed by atoms with Crippen LogP contribution in [0, 0.1) is 17.1 Å². The van der Waals surface area contributed by atoms with Crippen LogP contribution >= 0.6 is 11.3 Å². The molecule has 5 heteroatoms. The fourth-order valence-corrected chi connectivity index (χ4v) is 2.86. The summed E-state index contributed by atoms with van der Waals surface area (Å²) >= 11 is 1.49. The van der Waals surface area contributed by atoms with E-state index in [4.69, 9.17) is 5.73 Å². The number of rotatable bonds is 2. The SMILES string of the molecule is N#Cc1c(-c2cccs2)cc(-c2ccccc2F)nc1N. The summed E-state index contributed by atoms with van der Waals surface area (Å²) in [5.74, 6) is -0.257. The minimum absolute atomic E-state index is 0.113. The smallest absolute Gasteiger partial charge is 0.142 e. The molecule has 0 amide bonds. The summed E-state index contributed by atoms with van der Waals surface area (Å²) in [7, 11) is 0. The van der Waals surface area contributed by atoms with Gasteiger partial charge in [-0.1, -0.05) is 18.2 Å². The molecule has 0 saturated heterocycles. The second-order valence-corrected chi connectivity index (χ2v) is 5.33. The lowest BCUT2D eigenvalue weighted by molar-refractivity contribution is 0.631. The number of nitriles is 1. The van der Waals surface area contributed by atoms with Gasteiger partial charge in [-0.2, -0.15) is 5.26 Å². The zero-order valence-corrected chi connectivity index (χ0v) is 11.7. The Labute approximate surface area is 125 Å². The van der Waals surface area contributed by atoms with Crippen LogP contribution in [0.2, 0.25) is 0 Å². The number of pyridine rings is 1. The van der Waals surface area contributed by atoms with Crippen LogP contribution in [-0.4, -0.2) is 4.98 Å². The molecule has 0 saturated carbocycles. The summed E-state index contributed by atoms with van der Waals surface area (Å²) in [5.41, 5.74) is 7.66. The van der Waals surface area contributed by atoms with Gasteiger partial charge in [0.25, 0.3) is 0 Å². The standard InChI is InChI=1S/C16H10FN3S/c17-13-5-2-1-4-10(13)14-8-11(15-6-3-7-21-15)12(9-18)16(19)20-14/h1-8H,(H2,19,20). The average molecular weight is 295 g/mol. The van der Waals surface area contributed by atoms with Gasteiger partial charge in [-0.3, -0.25) is 0 Å². The quantitative estimate of drug-likeness (QED) is 0.775. The van der Waals surface area contributed by atoms with E-state index in [1.807, 2.05) is 17.5 Å². The average Bonchev–Trinajstić information content (AvgIpc) is 3.01. The molecular formula is C16H10FN3S. The molecule has 0 unspecified atom stereocenters. The van der Waals surface area contributed by atoms with Crippen molar-refractivity contribution >= 4 is 17.2 Å². The lowest BCUT2D eigenvalue weighted by atomic mass is 10.0. The van der Waals surface area contributed by atoms with Crippen LogP contribution in [-0.2, 0) is 0 Å². The van der Waals surface area contributed by atoms with Crippen LogP contribution in [0.5, 0.6) is 0 Å². The van der Waals surface area contributed by atoms with E-state index in [0.717, 1.165) is 4.88 Å². The number of hydrogen-bond donors (Lipinski definition) is 1. The highest BCUT2D eigenvalue weighted by Crippen LogP contribution is 2.34. The fraction of sp³-hybridized carbons (Fsp3) is 0. The molecule has 0 fully saturated rings. The fourth-order valence-electron chi connectivity index (χ4n) is 2.12. The lowest BCUT2D eigenvalue weighted by Gasteiger charge is -2.09. The Hall–Kier alpha value is -2.71. The Bertz CT molecular complexity index is 835. The van der Waals surface area contributed by atoms with Crippen molar-refractivity contribution < 1.29 is 4.39 Å². The van der Waals surface area contributed by atoms with Crippen molar-refractivity contribution in [1.82, 2.24) is 4.98 Å². The van der Waals surface area contributed by atoms with E-state index in [1.54, 1.807) is 24.3 Å². The number of nitrogen functional groups attached to an aromatic ring is 1. The van der Waals surface area contributed by atoms with E-state index in [2.05, 4.69) is 11.1 Å². The molecule has 3 rings (SSSR count). The van der Waals surface area contributed by atoms with Crippen molar-refractivity contribution in [1.29, 1.82) is 5.26 Å². The van der Waals surface area contributed by atoms with Crippen LogP contribution in [0.25, 0.3) is 21.7 Å². The molecule has 2 heterocycles. The van der Waals surface area contributed by atoms with Gasteiger partial charge in [0, 0.05) is 16.0 Å². The summed E-state index contributed by atoms with van der Waals surface area (Å²) < 4.78 is 13.9. The first-order valence-electron chi connectivity index (χ1n) is 6.20. The number of thiophene rings is 1. The molecule has 1 aromatic carbocycles. The Morgan fingerprint density at radius 3 is 2.62 bits per heavy atom. The molecule has 21 heavy (non-hydrogen) atoms. The maximum atomic E-state index is 13.9. The van der Waals surface area contributed by atoms with Gasteiger partial charge in [0.15, 0.2) is 0 Å². The lowest BCUT2D eigenvalue weighted by Crippen LogP contribution is -2.00. The number of nitrogens with zero attached hydrogens (tertiary/aromatic N) is 2. The Balaban J connectivity index is 2.26. The van der Waals surface area contributed by atoms with Gasteiger partial charge in [0.2, 0.25) is 0 Å². The van der Waals surface area contributed by atoms with Crippen molar-refractivity contribution in [3.63, 3.8) is 0 Å². The molecular weight excluding hydrogens is 285 g/mol. The monoisotopic (exact) mass is 295 g/mol. The highest BCUT2D eigenvalue weighted by Gasteiger charge is 2.15. The minimum Gasteiger partial charge on any atom is -0.383 e. The maximum absolute atomic E-state index is 13.9. The highest BCUT2D eigenvalue weighted by molar-refractivity contribution is 7.13. The molecule has 3 nitrogen and oxygen atoms in total. The van der Waals surface area contributed by atoms with E-state index in [9.17, 15) is 9.65 Å². The maximum Gasteiger partial charge on any atom is 0.142 e. The first-order chi connectivity index (χ1) is 10.2. The predicted molar refractivity (Wildman–Crippen MR) is 82.1 cm³/mol. The van der Waals surface area contributed by atoms with Gasteiger partial charge in [-0.15, -0.1) is 11.3 Å². The van der Waals surface area contributed by atoms with Crippen molar-refractivity contribution in [2.24, 2.45) is 0 Å². The molecule has 0 bridgehead atoms. The first kappa shape index (κ1) is 13.3. The number of halogens is 1. The Kier molecular flexibility index (Phi) is 3.38. The Morgan fingerprint density at radius 1 is 1.14 bits per heavy atom. The predicted octanol–water partition coefficient (Wildman–Crippen LogP) is 4.07. The van der Waals surface area contributed by atoms with E-state index in [-0.39, 0.29) is 11.6 Å². The number of nitrogens with two attached hydrogens (primary N) is 1. The van der Waals surface area contributed by atoms with Gasteiger partial charge < -0.3 is 5.73 Å². The summed E-state index contributed by atoms with van der Waals surface area (Å²) in [6.45, 7) is 0. The molecule has 0 radical (unpaired) electrons. The highest BCUT2D eigenvalue weighted by atomic mass is 32.1. The molecule has 2 N–H and O–H groups in total. The number of hydrogen-bond acceptors (Lipinski definition) is 4. The van der Waals surface area contributed by atoms with Crippen LogP contribution < -0.4 is 5.73 Å². The van der Waals surface area contributed by atoms with E-state index >= 15 is 0 Å². The molecule has 0 aliphatic carbocycles. The van der Waals surface area contributed by atoms with E-state index < -0.39 is 0 Å². The summed E-state index contributed by atoms with van der Waals surface area (Å²) in [4.78, 5) is 5.07. The minimum atomic E-state index is -0.369. The van der Waals surface area contributed by atoms with Gasteiger partial charge in [-0.05, 0) is 29.6 Å². The zero-order valence-electron chi connectivity index (χ0n) is 10.9. The number of aromatic nitrogens is 1. The summed E-state index contributed by atoms with van der Waals surface area (Å²) in [6.07, 6.45) is 0. The molecule has 0 atom stereocenters. The third-order valence-electron chi connectivity index (χ3n) is 3.10. The topological polar surface area (TPSA) is 62.7 Å². The first-order valence-corrected chi connectivity index (χ1v) is 7.08. The van der Waals surface area contributed by atoms with Crippen molar-refractivity contribution in [3.8, 4) is 27.8 Å². The van der Waals surface area contributed by atoms with Crippen LogP contribution in [0.4, 0.5) is 10.2 Å². The summed E-state index contributed by atoms with van der Waals surface area (Å²) in [5, 5.41) is 11.2. The van der Waals surface area contributed by atoms with E-state index in [1.165, 1.54) is 17.4 Å². The second-order valence-electron chi connectivity index (χ2n) is 4.38. The zero-order chi connectivity index (χ0) is 14.8. The van der Waals surface area contributed by atoms with Gasteiger partial charge in [0.1, 0.15) is 23.3 Å². The third-order valence-corrected chi connectivity index (χ3v) is 4.00. The van der Waals surface area contributed by atoms with Gasteiger partial charge >= 0.3 is 0 Å². The second kappa shape index (κ2) is 5.35. The Morgan fingerprint density at radius 2 is 1.95 bits per heavy atom. The summed E-state index contributed by atoms with van der Waals surface area (Å²) in [6, 6.07) is 13.9. The van der Waals surface area contributed by atoms with Crippen molar-refractivity contribution in [2.45, 2.75) is 0 Å². The number of benzene rings is 1. The molecule has 3 aromatic rings. The van der Waals surface area contributed by atoms with Gasteiger partial charge in [-0.25, -0.2) is 9.37 Å². The molecule has 0 spiro atoms. The molecule has 2 aromatic heterocycles. The van der Waals surface area contributed by atoms with E-state index in [0.29, 0.717) is 22.4 Å². The molecule has 0 aliphatic heterocycles. The van der Waals surface area contributed by atoms with Crippen LogP contribution in [0.15, 0.2) is 47.8 Å². The normalized spacial score (nSPS) is 10.3. The van der Waals surface area contributed by atoms with Crippen LogP contribution in [0.1, 0.15) is 5.56 Å². The van der Waals surface area contributed by atoms with Crippen molar-refractivity contribution in [2.75, 3.05) is 5.73 Å². The third kappa shape index (κ3) is 2.37. The largest absolute Gasteiger partial charge is 0.383 e. The van der Waals surface area contributed by atoms with Crippen molar-refractivity contribution in [3.05, 3.63) is 59.2 Å². The number of anilines is 1.